The molecule has 0 unspecified atom stereocenters. The third-order valence-electron chi connectivity index (χ3n) is 4.73. The smallest absolute Gasteiger partial charge is 0.375 e. The molecule has 0 spiro atoms. The Hall–Kier alpha value is -3.28. The van der Waals surface area contributed by atoms with Crippen LogP contribution in [0.2, 0.25) is 0 Å². The number of hydrogen-bond donors (Lipinski definition) is 1. The summed E-state index contributed by atoms with van der Waals surface area (Å²) >= 11 is 0. The van der Waals surface area contributed by atoms with Crippen LogP contribution in [0.15, 0.2) is 59.0 Å². The minimum atomic E-state index is -0.694. The lowest BCUT2D eigenvalue weighted by molar-refractivity contribution is -0.125. The lowest BCUT2D eigenvalue weighted by Gasteiger charge is -2.17. The van der Waals surface area contributed by atoms with Gasteiger partial charge in [-0.2, -0.15) is 0 Å². The standard InChI is InChI=1S/C23H25NO5/c1-15(2)16(3)24-21(25)14-28-23(26)22-19(13-27-17-9-5-4-6-10-17)18-11-7-8-12-20(18)29-22/h4-12,15-16H,13-14H2,1-3H3,(H,24,25)/t16-/m1/s1. The number of nitrogens with one attached hydrogen (secondary N) is 1. The zero-order chi connectivity index (χ0) is 20.8. The Morgan fingerprint density at radius 2 is 1.69 bits per heavy atom. The molecular weight excluding hydrogens is 370 g/mol. The third-order valence-corrected chi connectivity index (χ3v) is 4.73. The van der Waals surface area contributed by atoms with Crippen LogP contribution in [-0.4, -0.2) is 24.5 Å². The van der Waals surface area contributed by atoms with Gasteiger partial charge in [0.1, 0.15) is 17.9 Å². The first-order valence-corrected chi connectivity index (χ1v) is 9.60. The van der Waals surface area contributed by atoms with Gasteiger partial charge in [0.05, 0.1) is 5.56 Å². The largest absolute Gasteiger partial charge is 0.489 e. The molecular formula is C23H25NO5. The highest BCUT2D eigenvalue weighted by Crippen LogP contribution is 2.28. The molecule has 152 valence electrons. The van der Waals surface area contributed by atoms with Gasteiger partial charge in [0, 0.05) is 11.4 Å². The van der Waals surface area contributed by atoms with Crippen molar-refractivity contribution >= 4 is 22.8 Å². The molecule has 0 aliphatic heterocycles. The van der Waals surface area contributed by atoms with Crippen molar-refractivity contribution in [3.05, 3.63) is 65.9 Å². The number of fused-ring (bicyclic) bond motifs is 1. The van der Waals surface area contributed by atoms with Gasteiger partial charge in [-0.15, -0.1) is 0 Å². The number of furan rings is 1. The van der Waals surface area contributed by atoms with Crippen LogP contribution in [0.3, 0.4) is 0 Å². The van der Waals surface area contributed by atoms with E-state index in [4.69, 9.17) is 13.9 Å². The Labute approximate surface area is 169 Å². The summed E-state index contributed by atoms with van der Waals surface area (Å²) in [6, 6.07) is 16.6. The molecule has 6 nitrogen and oxygen atoms in total. The van der Waals surface area contributed by atoms with Gasteiger partial charge >= 0.3 is 5.97 Å². The van der Waals surface area contributed by atoms with E-state index in [9.17, 15) is 9.59 Å². The Bertz CT molecular complexity index is 977. The van der Waals surface area contributed by atoms with Crippen LogP contribution in [0.1, 0.15) is 36.9 Å². The monoisotopic (exact) mass is 395 g/mol. The van der Waals surface area contributed by atoms with Crippen molar-refractivity contribution in [2.45, 2.75) is 33.4 Å². The molecule has 0 aliphatic rings. The van der Waals surface area contributed by atoms with Crippen molar-refractivity contribution in [2.24, 2.45) is 5.92 Å². The molecule has 6 heteroatoms. The van der Waals surface area contributed by atoms with Crippen molar-refractivity contribution in [1.29, 1.82) is 0 Å². The molecule has 29 heavy (non-hydrogen) atoms. The summed E-state index contributed by atoms with van der Waals surface area (Å²) in [5.41, 5.74) is 1.15. The molecule has 0 saturated carbocycles. The zero-order valence-corrected chi connectivity index (χ0v) is 16.8. The fourth-order valence-corrected chi connectivity index (χ4v) is 2.74. The van der Waals surface area contributed by atoms with E-state index in [0.29, 0.717) is 16.9 Å². The average molecular weight is 395 g/mol. The van der Waals surface area contributed by atoms with E-state index in [0.717, 1.165) is 5.39 Å². The van der Waals surface area contributed by atoms with Crippen molar-refractivity contribution < 1.29 is 23.5 Å². The molecule has 0 radical (unpaired) electrons. The molecule has 1 amide bonds. The van der Waals surface area contributed by atoms with E-state index in [1.807, 2.05) is 69.3 Å². The number of amides is 1. The Balaban J connectivity index is 1.73. The van der Waals surface area contributed by atoms with Crippen LogP contribution in [0.25, 0.3) is 11.0 Å². The van der Waals surface area contributed by atoms with Crippen molar-refractivity contribution in [1.82, 2.24) is 5.32 Å². The second-order valence-electron chi connectivity index (χ2n) is 7.18. The summed E-state index contributed by atoms with van der Waals surface area (Å²) in [7, 11) is 0. The number of benzene rings is 2. The molecule has 1 heterocycles. The first kappa shape index (κ1) is 20.5. The molecule has 3 rings (SSSR count). The van der Waals surface area contributed by atoms with E-state index in [1.54, 1.807) is 6.07 Å². The highest BCUT2D eigenvalue weighted by molar-refractivity contribution is 5.96. The number of carbonyl (C=O) groups excluding carboxylic acids is 2. The van der Waals surface area contributed by atoms with Gasteiger partial charge in [-0.05, 0) is 31.0 Å². The number of esters is 1. The van der Waals surface area contributed by atoms with E-state index in [-0.39, 0.29) is 36.8 Å². The minimum absolute atomic E-state index is 0.0118. The van der Waals surface area contributed by atoms with Crippen molar-refractivity contribution in [2.75, 3.05) is 6.61 Å². The molecule has 0 fully saturated rings. The Kier molecular flexibility index (Phi) is 6.54. The van der Waals surface area contributed by atoms with E-state index in [1.165, 1.54) is 0 Å². The first-order valence-electron chi connectivity index (χ1n) is 9.60. The summed E-state index contributed by atoms with van der Waals surface area (Å²) in [4.78, 5) is 24.6. The van der Waals surface area contributed by atoms with Crippen molar-refractivity contribution in [3.8, 4) is 5.75 Å². The normalized spacial score (nSPS) is 12.0. The predicted octanol–water partition coefficient (Wildman–Crippen LogP) is 4.33. The van der Waals surface area contributed by atoms with E-state index < -0.39 is 5.97 Å². The first-order chi connectivity index (χ1) is 14.0. The maximum absolute atomic E-state index is 12.6. The fourth-order valence-electron chi connectivity index (χ4n) is 2.74. The summed E-state index contributed by atoms with van der Waals surface area (Å²) in [5, 5.41) is 3.57. The van der Waals surface area contributed by atoms with Crippen LogP contribution < -0.4 is 10.1 Å². The number of hydrogen-bond acceptors (Lipinski definition) is 5. The van der Waals surface area contributed by atoms with Gasteiger partial charge in [0.2, 0.25) is 5.76 Å². The molecule has 1 atom stereocenters. The zero-order valence-electron chi connectivity index (χ0n) is 16.8. The van der Waals surface area contributed by atoms with Crippen LogP contribution >= 0.6 is 0 Å². The van der Waals surface area contributed by atoms with Crippen LogP contribution in [-0.2, 0) is 16.1 Å². The van der Waals surface area contributed by atoms with Gasteiger partial charge in [-0.3, -0.25) is 4.79 Å². The Morgan fingerprint density at radius 1 is 1.00 bits per heavy atom. The second-order valence-corrected chi connectivity index (χ2v) is 7.18. The van der Waals surface area contributed by atoms with Crippen LogP contribution in [0.5, 0.6) is 5.75 Å². The molecule has 2 aromatic carbocycles. The van der Waals surface area contributed by atoms with E-state index in [2.05, 4.69) is 5.32 Å². The second kappa shape index (κ2) is 9.28. The topological polar surface area (TPSA) is 77.8 Å². The lowest BCUT2D eigenvalue weighted by Crippen LogP contribution is -2.38. The summed E-state index contributed by atoms with van der Waals surface area (Å²) in [6.07, 6.45) is 0. The molecule has 0 bridgehead atoms. The molecule has 3 aromatic rings. The summed E-state index contributed by atoms with van der Waals surface area (Å²) in [5.74, 6) is -0.0318. The fraction of sp³-hybridized carbons (Fsp3) is 0.304. The van der Waals surface area contributed by atoms with Crippen molar-refractivity contribution in [3.63, 3.8) is 0 Å². The number of rotatable bonds is 8. The quantitative estimate of drug-likeness (QED) is 0.575. The predicted molar refractivity (Wildman–Crippen MR) is 110 cm³/mol. The molecule has 1 N–H and O–H groups in total. The summed E-state index contributed by atoms with van der Waals surface area (Å²) < 4.78 is 16.7. The van der Waals surface area contributed by atoms with Crippen LogP contribution in [0.4, 0.5) is 0 Å². The Morgan fingerprint density at radius 3 is 2.41 bits per heavy atom. The number of carbonyl (C=O) groups is 2. The van der Waals surface area contributed by atoms with Gasteiger partial charge < -0.3 is 19.2 Å². The third kappa shape index (κ3) is 5.16. The molecule has 1 aromatic heterocycles. The maximum Gasteiger partial charge on any atom is 0.375 e. The van der Waals surface area contributed by atoms with Gasteiger partial charge in [0.25, 0.3) is 5.91 Å². The highest BCUT2D eigenvalue weighted by atomic mass is 16.5. The molecule has 0 aliphatic carbocycles. The maximum atomic E-state index is 12.6. The number of ether oxygens (including phenoxy) is 2. The van der Waals surface area contributed by atoms with Gasteiger partial charge in [0.15, 0.2) is 6.61 Å². The van der Waals surface area contributed by atoms with Gasteiger partial charge in [-0.25, -0.2) is 4.79 Å². The average Bonchev–Trinajstić information content (AvgIpc) is 3.10. The van der Waals surface area contributed by atoms with E-state index >= 15 is 0 Å². The lowest BCUT2D eigenvalue weighted by atomic mass is 10.1. The molecule has 0 saturated heterocycles. The minimum Gasteiger partial charge on any atom is -0.489 e. The summed E-state index contributed by atoms with van der Waals surface area (Å²) in [6.45, 7) is 5.69. The number of para-hydroxylation sites is 2. The SMILES string of the molecule is CC(C)[C@@H](C)NC(=O)COC(=O)c1oc2ccccc2c1COc1ccccc1. The van der Waals surface area contributed by atoms with Gasteiger partial charge in [-0.1, -0.05) is 50.2 Å². The van der Waals surface area contributed by atoms with Crippen LogP contribution in [0, 0.1) is 5.92 Å². The highest BCUT2D eigenvalue weighted by Gasteiger charge is 2.23.